The van der Waals surface area contributed by atoms with Crippen molar-refractivity contribution in [3.8, 4) is 11.5 Å². The van der Waals surface area contributed by atoms with Crippen LogP contribution < -0.4 is 0 Å². The van der Waals surface area contributed by atoms with E-state index < -0.39 is 0 Å². The normalized spacial score (nSPS) is 17.1. The van der Waals surface area contributed by atoms with Crippen molar-refractivity contribution in [3.63, 3.8) is 0 Å². The van der Waals surface area contributed by atoms with Crippen LogP contribution in [0, 0.1) is 0 Å². The van der Waals surface area contributed by atoms with Gasteiger partial charge in [-0.3, -0.25) is 0 Å². The van der Waals surface area contributed by atoms with E-state index in [-0.39, 0.29) is 6.04 Å². The van der Waals surface area contributed by atoms with Crippen LogP contribution >= 0.6 is 0 Å². The van der Waals surface area contributed by atoms with E-state index in [1.807, 2.05) is 48.5 Å². The molecule has 0 saturated carbocycles. The molecule has 0 N–H and O–H groups in total. The molecular weight excluding hydrogens is 276 g/mol. The zero-order valence-electron chi connectivity index (χ0n) is 11.8. The number of hydrogen-bond acceptors (Lipinski definition) is 4. The van der Waals surface area contributed by atoms with Gasteiger partial charge in [0, 0.05) is 0 Å². The Hall–Kier alpha value is -2.88. The van der Waals surface area contributed by atoms with Crippen molar-refractivity contribution >= 4 is 5.90 Å². The molecular formula is C18H14N2O2. The molecule has 1 aliphatic rings. The zero-order chi connectivity index (χ0) is 14.8. The number of benzene rings is 1. The first-order valence-corrected chi connectivity index (χ1v) is 7.17. The van der Waals surface area contributed by atoms with Crippen LogP contribution in [-0.4, -0.2) is 17.5 Å². The lowest BCUT2D eigenvalue weighted by Gasteiger charge is -2.03. The maximum atomic E-state index is 5.74. The Kier molecular flexibility index (Phi) is 3.20. The Balaban J connectivity index is 1.64. The van der Waals surface area contributed by atoms with Gasteiger partial charge in [0.25, 0.3) is 0 Å². The third-order valence-corrected chi connectivity index (χ3v) is 3.58. The SMILES string of the molecule is c1ccc([C@@H]2COC(c3cccc(-c4ccco4)n3)=N2)cc1. The molecule has 2 aromatic heterocycles. The monoisotopic (exact) mass is 290 g/mol. The molecule has 3 heterocycles. The molecule has 1 atom stereocenters. The summed E-state index contributed by atoms with van der Waals surface area (Å²) in [5, 5.41) is 0. The number of hydrogen-bond donors (Lipinski definition) is 0. The minimum absolute atomic E-state index is 0.0327. The maximum Gasteiger partial charge on any atom is 0.236 e. The van der Waals surface area contributed by atoms with E-state index in [1.54, 1.807) is 6.26 Å². The molecule has 1 aromatic carbocycles. The first-order chi connectivity index (χ1) is 10.9. The summed E-state index contributed by atoms with van der Waals surface area (Å²) in [5.41, 5.74) is 2.66. The van der Waals surface area contributed by atoms with Gasteiger partial charge in [-0.15, -0.1) is 0 Å². The first kappa shape index (κ1) is 12.8. The second-order valence-electron chi connectivity index (χ2n) is 5.06. The second-order valence-corrected chi connectivity index (χ2v) is 5.06. The molecule has 0 unspecified atom stereocenters. The van der Waals surface area contributed by atoms with Crippen molar-refractivity contribution < 1.29 is 9.15 Å². The van der Waals surface area contributed by atoms with E-state index in [0.29, 0.717) is 12.5 Å². The highest BCUT2D eigenvalue weighted by Crippen LogP contribution is 2.25. The Bertz CT molecular complexity index is 795. The number of ether oxygens (including phenoxy) is 1. The lowest BCUT2D eigenvalue weighted by Crippen LogP contribution is -2.04. The van der Waals surface area contributed by atoms with Crippen molar-refractivity contribution in [2.24, 2.45) is 4.99 Å². The highest BCUT2D eigenvalue weighted by molar-refractivity contribution is 5.93. The number of furan rings is 1. The van der Waals surface area contributed by atoms with E-state index >= 15 is 0 Å². The van der Waals surface area contributed by atoms with Crippen LogP contribution in [0.2, 0.25) is 0 Å². The lowest BCUT2D eigenvalue weighted by atomic mass is 10.1. The summed E-state index contributed by atoms with van der Waals surface area (Å²) in [4.78, 5) is 9.23. The number of nitrogens with zero attached hydrogens (tertiary/aromatic N) is 2. The Labute approximate surface area is 128 Å². The number of pyridine rings is 1. The fourth-order valence-corrected chi connectivity index (χ4v) is 2.48. The van der Waals surface area contributed by atoms with Gasteiger partial charge in [0.2, 0.25) is 5.90 Å². The molecule has 0 bridgehead atoms. The Morgan fingerprint density at radius 2 is 1.73 bits per heavy atom. The van der Waals surface area contributed by atoms with Crippen LogP contribution in [0.4, 0.5) is 0 Å². The summed E-state index contributed by atoms with van der Waals surface area (Å²) in [5.74, 6) is 1.32. The summed E-state index contributed by atoms with van der Waals surface area (Å²) >= 11 is 0. The Morgan fingerprint density at radius 1 is 0.864 bits per heavy atom. The quantitative estimate of drug-likeness (QED) is 0.736. The Morgan fingerprint density at radius 3 is 2.55 bits per heavy atom. The predicted octanol–water partition coefficient (Wildman–Crippen LogP) is 3.86. The molecule has 0 spiro atoms. The average Bonchev–Trinajstić information content (AvgIpc) is 3.28. The third-order valence-electron chi connectivity index (χ3n) is 3.58. The highest BCUT2D eigenvalue weighted by Gasteiger charge is 2.22. The van der Waals surface area contributed by atoms with E-state index in [1.165, 1.54) is 0 Å². The molecule has 0 aliphatic carbocycles. The molecule has 1 aliphatic heterocycles. The van der Waals surface area contributed by atoms with E-state index in [2.05, 4.69) is 22.1 Å². The second kappa shape index (κ2) is 5.48. The van der Waals surface area contributed by atoms with E-state index in [9.17, 15) is 0 Å². The van der Waals surface area contributed by atoms with Gasteiger partial charge >= 0.3 is 0 Å². The third kappa shape index (κ3) is 2.39. The van der Waals surface area contributed by atoms with Crippen molar-refractivity contribution in [2.75, 3.05) is 6.61 Å². The molecule has 4 heteroatoms. The standard InChI is InChI=1S/C18H14N2O2/c1-2-6-13(7-3-1)16-12-22-18(20-16)15-9-4-8-14(19-15)17-10-5-11-21-17/h1-11,16H,12H2/t16-/m0/s1. The van der Waals surface area contributed by atoms with E-state index in [4.69, 9.17) is 9.15 Å². The summed E-state index contributed by atoms with van der Waals surface area (Å²) < 4.78 is 11.1. The van der Waals surface area contributed by atoms with Crippen molar-refractivity contribution in [1.82, 2.24) is 4.98 Å². The molecule has 0 amide bonds. The smallest absolute Gasteiger partial charge is 0.236 e. The molecule has 0 fully saturated rings. The van der Waals surface area contributed by atoms with E-state index in [0.717, 1.165) is 22.7 Å². The van der Waals surface area contributed by atoms with Crippen LogP contribution in [0.1, 0.15) is 17.3 Å². The van der Waals surface area contributed by atoms with Gasteiger partial charge in [-0.1, -0.05) is 36.4 Å². The minimum atomic E-state index is 0.0327. The number of rotatable bonds is 3. The van der Waals surface area contributed by atoms with Gasteiger partial charge in [-0.05, 0) is 29.8 Å². The molecule has 0 saturated heterocycles. The molecule has 0 radical (unpaired) electrons. The van der Waals surface area contributed by atoms with Crippen molar-refractivity contribution in [1.29, 1.82) is 0 Å². The van der Waals surface area contributed by atoms with Crippen LogP contribution in [-0.2, 0) is 4.74 Å². The maximum absolute atomic E-state index is 5.74. The van der Waals surface area contributed by atoms with Gasteiger partial charge in [0.1, 0.15) is 24.0 Å². The van der Waals surface area contributed by atoms with Crippen molar-refractivity contribution in [3.05, 3.63) is 78.2 Å². The van der Waals surface area contributed by atoms with Gasteiger partial charge in [-0.2, -0.15) is 0 Å². The first-order valence-electron chi connectivity index (χ1n) is 7.17. The molecule has 108 valence electrons. The fraction of sp³-hybridized carbons (Fsp3) is 0.111. The van der Waals surface area contributed by atoms with Crippen LogP contribution in [0.3, 0.4) is 0 Å². The van der Waals surface area contributed by atoms with Crippen LogP contribution in [0.15, 0.2) is 76.3 Å². The topological polar surface area (TPSA) is 47.6 Å². The molecule has 4 nitrogen and oxygen atoms in total. The molecule has 4 rings (SSSR count). The molecule has 3 aromatic rings. The lowest BCUT2D eigenvalue weighted by molar-refractivity contribution is 0.319. The average molecular weight is 290 g/mol. The van der Waals surface area contributed by atoms with Crippen molar-refractivity contribution in [2.45, 2.75) is 6.04 Å². The van der Waals surface area contributed by atoms with Crippen LogP contribution in [0.25, 0.3) is 11.5 Å². The summed E-state index contributed by atoms with van der Waals surface area (Å²) in [6.45, 7) is 0.548. The minimum Gasteiger partial charge on any atom is -0.474 e. The van der Waals surface area contributed by atoms with Gasteiger partial charge in [0.05, 0.1) is 6.26 Å². The fourth-order valence-electron chi connectivity index (χ4n) is 2.48. The largest absolute Gasteiger partial charge is 0.474 e. The zero-order valence-corrected chi connectivity index (χ0v) is 11.8. The highest BCUT2D eigenvalue weighted by atomic mass is 16.5. The number of aromatic nitrogens is 1. The summed E-state index contributed by atoms with van der Waals surface area (Å²) in [6, 6.07) is 19.7. The number of aliphatic imine (C=N–C) groups is 1. The predicted molar refractivity (Wildman–Crippen MR) is 83.6 cm³/mol. The summed E-state index contributed by atoms with van der Waals surface area (Å²) in [6.07, 6.45) is 1.64. The van der Waals surface area contributed by atoms with Gasteiger partial charge < -0.3 is 9.15 Å². The van der Waals surface area contributed by atoms with Crippen LogP contribution in [0.5, 0.6) is 0 Å². The van der Waals surface area contributed by atoms with Gasteiger partial charge in [-0.25, -0.2) is 9.98 Å². The summed E-state index contributed by atoms with van der Waals surface area (Å²) in [7, 11) is 0. The molecule has 22 heavy (non-hydrogen) atoms. The van der Waals surface area contributed by atoms with Gasteiger partial charge in [0.15, 0.2) is 5.76 Å².